The van der Waals surface area contributed by atoms with Crippen LogP contribution in [0.25, 0.3) is 10.9 Å². The number of fused-ring (bicyclic) bond motifs is 6. The number of aromatic nitrogens is 2. The van der Waals surface area contributed by atoms with E-state index in [1.165, 1.54) is 40.6 Å². The van der Waals surface area contributed by atoms with E-state index in [-0.39, 0.29) is 5.54 Å². The van der Waals surface area contributed by atoms with E-state index in [0.717, 1.165) is 30.1 Å². The van der Waals surface area contributed by atoms with Gasteiger partial charge in [0.15, 0.2) is 0 Å². The molecule has 1 fully saturated rings. The summed E-state index contributed by atoms with van der Waals surface area (Å²) in [5, 5.41) is 6.02. The van der Waals surface area contributed by atoms with E-state index in [9.17, 15) is 0 Å². The van der Waals surface area contributed by atoms with Gasteiger partial charge < -0.3 is 9.88 Å². The third-order valence-corrected chi connectivity index (χ3v) is 6.42. The van der Waals surface area contributed by atoms with Gasteiger partial charge in [-0.25, -0.2) is 0 Å². The summed E-state index contributed by atoms with van der Waals surface area (Å²) in [5.41, 5.74) is 6.91. The van der Waals surface area contributed by atoms with E-state index >= 15 is 0 Å². The van der Waals surface area contributed by atoms with Crippen LogP contribution in [-0.2, 0) is 19.4 Å². The van der Waals surface area contributed by atoms with Gasteiger partial charge in [0.1, 0.15) is 0 Å². The Morgan fingerprint density at radius 3 is 3.00 bits per heavy atom. The molecule has 2 aliphatic rings. The van der Waals surface area contributed by atoms with Crippen LogP contribution in [0.1, 0.15) is 48.3 Å². The van der Waals surface area contributed by atoms with Gasteiger partial charge >= 0.3 is 0 Å². The first-order chi connectivity index (χ1) is 12.5. The highest BCUT2D eigenvalue weighted by Gasteiger charge is 2.43. The normalized spacial score (nSPS) is 24.2. The minimum atomic E-state index is 0.235. The zero-order chi connectivity index (χ0) is 17.9. The standard InChI is InChI=1S/C22H24ClN3/c1-14-3-4-15(13-24-14)8-10-26-19-6-5-16(23)11-17(19)21-18-7-9-22(2,25-18)12-20(21)26/h3-6,11,13,18,25H,7-10,12H2,1-2H3. The minimum absolute atomic E-state index is 0.235. The van der Waals surface area contributed by atoms with Crippen LogP contribution in [0, 0.1) is 6.92 Å². The molecule has 0 saturated carbocycles. The maximum Gasteiger partial charge on any atom is 0.0487 e. The van der Waals surface area contributed by atoms with Gasteiger partial charge in [-0.05, 0) is 68.5 Å². The molecule has 134 valence electrons. The highest BCUT2D eigenvalue weighted by Crippen LogP contribution is 2.46. The summed E-state index contributed by atoms with van der Waals surface area (Å²) in [6, 6.07) is 11.1. The molecule has 0 aliphatic carbocycles. The van der Waals surface area contributed by atoms with Crippen LogP contribution in [0.5, 0.6) is 0 Å². The highest BCUT2D eigenvalue weighted by molar-refractivity contribution is 6.31. The van der Waals surface area contributed by atoms with Crippen molar-refractivity contribution < 1.29 is 0 Å². The number of halogens is 1. The molecule has 2 atom stereocenters. The molecule has 5 rings (SSSR count). The summed E-state index contributed by atoms with van der Waals surface area (Å²) in [7, 11) is 0. The molecule has 1 aromatic carbocycles. The van der Waals surface area contributed by atoms with Gasteiger partial charge in [-0.1, -0.05) is 17.7 Å². The molecule has 3 aromatic rings. The number of aryl methyl sites for hydroxylation is 3. The molecule has 2 aliphatic heterocycles. The molecule has 4 heteroatoms. The Morgan fingerprint density at radius 1 is 1.31 bits per heavy atom. The van der Waals surface area contributed by atoms with Crippen LogP contribution in [0.15, 0.2) is 36.5 Å². The Balaban J connectivity index is 1.59. The lowest BCUT2D eigenvalue weighted by Gasteiger charge is -2.32. The predicted octanol–water partition coefficient (Wildman–Crippen LogP) is 4.98. The third kappa shape index (κ3) is 2.57. The first-order valence-electron chi connectivity index (χ1n) is 9.52. The maximum atomic E-state index is 6.35. The average molecular weight is 366 g/mol. The Labute approximate surface area is 159 Å². The van der Waals surface area contributed by atoms with E-state index in [1.807, 2.05) is 19.2 Å². The van der Waals surface area contributed by atoms with Crippen molar-refractivity contribution in [1.29, 1.82) is 0 Å². The van der Waals surface area contributed by atoms with Crippen LogP contribution in [0.2, 0.25) is 5.02 Å². The molecule has 1 saturated heterocycles. The number of nitrogens with zero attached hydrogens (tertiary/aromatic N) is 2. The summed E-state index contributed by atoms with van der Waals surface area (Å²) < 4.78 is 2.54. The number of benzene rings is 1. The molecule has 1 N–H and O–H groups in total. The summed E-state index contributed by atoms with van der Waals surface area (Å²) in [6.45, 7) is 5.39. The number of hydrogen-bond acceptors (Lipinski definition) is 2. The molecule has 2 aromatic heterocycles. The largest absolute Gasteiger partial charge is 0.344 e. The van der Waals surface area contributed by atoms with Crippen LogP contribution in [0.3, 0.4) is 0 Å². The Hall–Kier alpha value is -1.84. The molecule has 4 heterocycles. The Morgan fingerprint density at radius 2 is 2.19 bits per heavy atom. The van der Waals surface area contributed by atoms with Gasteiger partial charge in [-0.15, -0.1) is 0 Å². The molecule has 3 nitrogen and oxygen atoms in total. The molecule has 26 heavy (non-hydrogen) atoms. The van der Waals surface area contributed by atoms with Gasteiger partial charge in [0.25, 0.3) is 0 Å². The van der Waals surface area contributed by atoms with Crippen molar-refractivity contribution in [3.05, 3.63) is 64.1 Å². The number of hydrogen-bond donors (Lipinski definition) is 1. The average Bonchev–Trinajstić information content (AvgIpc) is 3.09. The SMILES string of the molecule is Cc1ccc(CCn2c3c(c4cc(Cl)ccc42)C2CCC(C)(C3)N2)cn1. The summed E-state index contributed by atoms with van der Waals surface area (Å²) in [6.07, 6.45) is 6.57. The number of rotatable bonds is 3. The minimum Gasteiger partial charge on any atom is -0.344 e. The molecular formula is C22H24ClN3. The van der Waals surface area contributed by atoms with Crippen molar-refractivity contribution in [1.82, 2.24) is 14.9 Å². The lowest BCUT2D eigenvalue weighted by Crippen LogP contribution is -2.43. The molecule has 2 unspecified atom stereocenters. The van der Waals surface area contributed by atoms with Gasteiger partial charge in [0, 0.05) is 58.1 Å². The van der Waals surface area contributed by atoms with Crippen molar-refractivity contribution in [2.75, 3.05) is 0 Å². The van der Waals surface area contributed by atoms with Crippen molar-refractivity contribution in [3.63, 3.8) is 0 Å². The number of nitrogens with one attached hydrogen (secondary N) is 1. The van der Waals surface area contributed by atoms with Crippen LogP contribution in [0.4, 0.5) is 0 Å². The second-order valence-electron chi connectivity index (χ2n) is 8.20. The van der Waals surface area contributed by atoms with Gasteiger partial charge in [-0.3, -0.25) is 4.98 Å². The predicted molar refractivity (Wildman–Crippen MR) is 107 cm³/mol. The molecule has 0 amide bonds. The van der Waals surface area contributed by atoms with Crippen LogP contribution >= 0.6 is 11.6 Å². The zero-order valence-electron chi connectivity index (χ0n) is 15.3. The summed E-state index contributed by atoms with van der Waals surface area (Å²) >= 11 is 6.35. The van der Waals surface area contributed by atoms with E-state index in [4.69, 9.17) is 11.6 Å². The number of pyridine rings is 1. The Kier molecular flexibility index (Phi) is 3.67. The topological polar surface area (TPSA) is 29.9 Å². The van der Waals surface area contributed by atoms with E-state index in [1.54, 1.807) is 0 Å². The molecule has 0 spiro atoms. The first-order valence-corrected chi connectivity index (χ1v) is 9.90. The lowest BCUT2D eigenvalue weighted by atomic mass is 9.91. The van der Waals surface area contributed by atoms with Crippen LogP contribution < -0.4 is 5.32 Å². The van der Waals surface area contributed by atoms with Crippen molar-refractivity contribution in [2.45, 2.75) is 57.7 Å². The fourth-order valence-corrected chi connectivity index (χ4v) is 5.05. The van der Waals surface area contributed by atoms with E-state index < -0.39 is 0 Å². The Bertz CT molecular complexity index is 989. The van der Waals surface area contributed by atoms with Gasteiger partial charge in [0.05, 0.1) is 0 Å². The zero-order valence-corrected chi connectivity index (χ0v) is 16.1. The van der Waals surface area contributed by atoms with E-state index in [2.05, 4.69) is 46.1 Å². The summed E-state index contributed by atoms with van der Waals surface area (Å²) in [5.74, 6) is 0. The second-order valence-corrected chi connectivity index (χ2v) is 8.64. The summed E-state index contributed by atoms with van der Waals surface area (Å²) in [4.78, 5) is 4.45. The molecule has 0 radical (unpaired) electrons. The highest BCUT2D eigenvalue weighted by atomic mass is 35.5. The molecule has 2 bridgehead atoms. The third-order valence-electron chi connectivity index (χ3n) is 6.19. The quantitative estimate of drug-likeness (QED) is 0.709. The van der Waals surface area contributed by atoms with Gasteiger partial charge in [-0.2, -0.15) is 0 Å². The van der Waals surface area contributed by atoms with Crippen molar-refractivity contribution >= 4 is 22.5 Å². The molecular weight excluding hydrogens is 342 g/mol. The lowest BCUT2D eigenvalue weighted by molar-refractivity contribution is 0.361. The van der Waals surface area contributed by atoms with Gasteiger partial charge in [0.2, 0.25) is 0 Å². The fraction of sp³-hybridized carbons (Fsp3) is 0.409. The van der Waals surface area contributed by atoms with Crippen molar-refractivity contribution in [2.24, 2.45) is 0 Å². The monoisotopic (exact) mass is 365 g/mol. The maximum absolute atomic E-state index is 6.35. The van der Waals surface area contributed by atoms with E-state index in [0.29, 0.717) is 6.04 Å². The fourth-order valence-electron chi connectivity index (χ4n) is 4.88. The first kappa shape index (κ1) is 16.3. The second kappa shape index (κ2) is 5.83. The van der Waals surface area contributed by atoms with Crippen LogP contribution in [-0.4, -0.2) is 15.1 Å². The smallest absolute Gasteiger partial charge is 0.0487 e. The van der Waals surface area contributed by atoms with Crippen molar-refractivity contribution in [3.8, 4) is 0 Å².